The Morgan fingerprint density at radius 1 is 1.12 bits per heavy atom. The summed E-state index contributed by atoms with van der Waals surface area (Å²) in [6.07, 6.45) is 4.02. The fourth-order valence-corrected chi connectivity index (χ4v) is 3.02. The number of rotatable bonds is 4. The number of carboxylic acids is 1. The Labute approximate surface area is 139 Å². The number of carbonyl (C=O) groups excluding carboxylic acids is 1. The van der Waals surface area contributed by atoms with E-state index in [2.05, 4.69) is 15.4 Å². The molecule has 1 fully saturated rings. The summed E-state index contributed by atoms with van der Waals surface area (Å²) < 4.78 is 1.64. The van der Waals surface area contributed by atoms with Crippen LogP contribution in [0.4, 0.5) is 5.69 Å². The number of nitrogens with zero attached hydrogens (tertiary/aromatic N) is 3. The van der Waals surface area contributed by atoms with Gasteiger partial charge in [-0.15, -0.1) is 0 Å². The van der Waals surface area contributed by atoms with E-state index in [-0.39, 0.29) is 17.7 Å². The van der Waals surface area contributed by atoms with Crippen LogP contribution in [0.15, 0.2) is 30.6 Å². The molecule has 0 unspecified atom stereocenters. The van der Waals surface area contributed by atoms with Crippen LogP contribution in [0.2, 0.25) is 0 Å². The third kappa shape index (κ3) is 3.61. The Kier molecular flexibility index (Phi) is 4.59. The molecule has 0 spiro atoms. The average Bonchev–Trinajstić information content (AvgIpc) is 3.02. The minimum absolute atomic E-state index is 0.0393. The van der Waals surface area contributed by atoms with Gasteiger partial charge in [0.1, 0.15) is 6.33 Å². The second-order valence-electron chi connectivity index (χ2n) is 6.20. The van der Waals surface area contributed by atoms with Crippen LogP contribution in [0.3, 0.4) is 0 Å². The van der Waals surface area contributed by atoms with E-state index in [1.165, 1.54) is 0 Å². The summed E-state index contributed by atoms with van der Waals surface area (Å²) in [5.74, 6) is -0.575. The van der Waals surface area contributed by atoms with Crippen molar-refractivity contribution in [3.05, 3.63) is 30.6 Å². The molecule has 3 rings (SSSR count). The van der Waals surface area contributed by atoms with Crippen LogP contribution in [-0.4, -0.2) is 31.7 Å². The van der Waals surface area contributed by atoms with E-state index in [9.17, 15) is 9.59 Å². The van der Waals surface area contributed by atoms with Crippen molar-refractivity contribution < 1.29 is 14.7 Å². The molecule has 1 aromatic carbocycles. The molecule has 126 valence electrons. The van der Waals surface area contributed by atoms with Gasteiger partial charge in [0.15, 0.2) is 5.82 Å². The zero-order valence-electron chi connectivity index (χ0n) is 13.5. The molecule has 1 heterocycles. The molecule has 0 saturated heterocycles. The van der Waals surface area contributed by atoms with Gasteiger partial charge in [-0.3, -0.25) is 14.3 Å². The molecule has 1 aliphatic carbocycles. The Morgan fingerprint density at radius 2 is 1.75 bits per heavy atom. The number of hydrogen-bond acceptors (Lipinski definition) is 4. The van der Waals surface area contributed by atoms with E-state index in [0.29, 0.717) is 31.5 Å². The molecular formula is C17H20N4O3. The van der Waals surface area contributed by atoms with Gasteiger partial charge in [-0.2, -0.15) is 5.10 Å². The number of aromatic nitrogens is 3. The maximum absolute atomic E-state index is 12.3. The second kappa shape index (κ2) is 6.82. The summed E-state index contributed by atoms with van der Waals surface area (Å²) >= 11 is 0. The molecule has 1 aromatic heterocycles. The van der Waals surface area contributed by atoms with Crippen LogP contribution >= 0.6 is 0 Å². The van der Waals surface area contributed by atoms with Crippen LogP contribution in [0.25, 0.3) is 11.4 Å². The van der Waals surface area contributed by atoms with Crippen molar-refractivity contribution in [2.75, 3.05) is 5.32 Å². The number of benzene rings is 1. The van der Waals surface area contributed by atoms with Crippen LogP contribution in [-0.2, 0) is 16.6 Å². The first-order chi connectivity index (χ1) is 11.5. The molecule has 7 heteroatoms. The van der Waals surface area contributed by atoms with Gasteiger partial charge in [0, 0.05) is 24.2 Å². The molecular weight excluding hydrogens is 308 g/mol. The predicted octanol–water partition coefficient (Wildman–Crippen LogP) is 2.31. The van der Waals surface area contributed by atoms with Crippen LogP contribution in [0.1, 0.15) is 25.7 Å². The highest BCUT2D eigenvalue weighted by atomic mass is 16.4. The van der Waals surface area contributed by atoms with Gasteiger partial charge in [0.05, 0.1) is 5.92 Å². The number of amides is 1. The van der Waals surface area contributed by atoms with E-state index < -0.39 is 5.97 Å². The van der Waals surface area contributed by atoms with Gasteiger partial charge in [-0.05, 0) is 49.9 Å². The molecule has 24 heavy (non-hydrogen) atoms. The molecule has 1 saturated carbocycles. The smallest absolute Gasteiger partial charge is 0.306 e. The molecule has 1 amide bonds. The molecule has 2 aromatic rings. The second-order valence-corrected chi connectivity index (χ2v) is 6.20. The minimum Gasteiger partial charge on any atom is -0.481 e. The van der Waals surface area contributed by atoms with Crippen molar-refractivity contribution in [3.63, 3.8) is 0 Å². The van der Waals surface area contributed by atoms with E-state index in [1.807, 2.05) is 31.3 Å². The summed E-state index contributed by atoms with van der Waals surface area (Å²) in [4.78, 5) is 27.5. The lowest BCUT2D eigenvalue weighted by Crippen LogP contribution is -2.29. The van der Waals surface area contributed by atoms with Gasteiger partial charge < -0.3 is 10.4 Å². The van der Waals surface area contributed by atoms with Gasteiger partial charge in [0.2, 0.25) is 5.91 Å². The normalized spacial score (nSPS) is 20.5. The molecule has 2 N–H and O–H groups in total. The first-order valence-corrected chi connectivity index (χ1v) is 8.02. The zero-order valence-corrected chi connectivity index (χ0v) is 13.5. The van der Waals surface area contributed by atoms with Crippen LogP contribution in [0.5, 0.6) is 0 Å². The number of aliphatic carboxylic acids is 1. The largest absolute Gasteiger partial charge is 0.481 e. The SMILES string of the molecule is Cn1cnc(-c2ccc(NC(=O)C3CCC(C(=O)O)CC3)cc2)n1. The van der Waals surface area contributed by atoms with Crippen LogP contribution < -0.4 is 5.32 Å². The van der Waals surface area contributed by atoms with Gasteiger partial charge in [0.25, 0.3) is 0 Å². The number of aryl methyl sites for hydroxylation is 1. The number of carboxylic acid groups (broad SMARTS) is 1. The van der Waals surface area contributed by atoms with Gasteiger partial charge in [-0.25, -0.2) is 4.98 Å². The quantitative estimate of drug-likeness (QED) is 0.897. The third-order valence-electron chi connectivity index (χ3n) is 4.46. The fraction of sp³-hybridized carbons (Fsp3) is 0.412. The summed E-state index contributed by atoms with van der Waals surface area (Å²) in [5.41, 5.74) is 1.61. The topological polar surface area (TPSA) is 97.1 Å². The van der Waals surface area contributed by atoms with Crippen molar-refractivity contribution in [1.82, 2.24) is 14.8 Å². The van der Waals surface area contributed by atoms with E-state index in [0.717, 1.165) is 11.3 Å². The number of carbonyl (C=O) groups is 2. The van der Waals surface area contributed by atoms with Gasteiger partial charge >= 0.3 is 5.97 Å². The van der Waals surface area contributed by atoms with Crippen molar-refractivity contribution >= 4 is 17.6 Å². The van der Waals surface area contributed by atoms with E-state index in [1.54, 1.807) is 11.0 Å². The maximum atomic E-state index is 12.3. The maximum Gasteiger partial charge on any atom is 0.306 e. The monoisotopic (exact) mass is 328 g/mol. The van der Waals surface area contributed by atoms with E-state index in [4.69, 9.17) is 5.11 Å². The molecule has 1 aliphatic rings. The van der Waals surface area contributed by atoms with E-state index >= 15 is 0 Å². The standard InChI is InChI=1S/C17H20N4O3/c1-21-10-18-15(20-21)11-6-8-14(9-7-11)19-16(22)12-2-4-13(5-3-12)17(23)24/h6-10,12-13H,2-5H2,1H3,(H,19,22)(H,23,24). The summed E-state index contributed by atoms with van der Waals surface area (Å²) in [6.45, 7) is 0. The number of anilines is 1. The lowest BCUT2D eigenvalue weighted by Gasteiger charge is -2.25. The lowest BCUT2D eigenvalue weighted by molar-refractivity contribution is -0.143. The number of nitrogens with one attached hydrogen (secondary N) is 1. The minimum atomic E-state index is -0.757. The fourth-order valence-electron chi connectivity index (χ4n) is 3.02. The molecule has 0 radical (unpaired) electrons. The Morgan fingerprint density at radius 3 is 2.29 bits per heavy atom. The number of hydrogen-bond donors (Lipinski definition) is 2. The summed E-state index contributed by atoms with van der Waals surface area (Å²) in [7, 11) is 1.81. The summed E-state index contributed by atoms with van der Waals surface area (Å²) in [6, 6.07) is 7.39. The predicted molar refractivity (Wildman–Crippen MR) is 88.2 cm³/mol. The van der Waals surface area contributed by atoms with Crippen molar-refractivity contribution in [3.8, 4) is 11.4 Å². The van der Waals surface area contributed by atoms with Crippen LogP contribution in [0, 0.1) is 11.8 Å². The Bertz CT molecular complexity index is 731. The summed E-state index contributed by atoms with van der Waals surface area (Å²) in [5, 5.41) is 16.2. The highest BCUT2D eigenvalue weighted by Crippen LogP contribution is 2.30. The van der Waals surface area contributed by atoms with Crippen molar-refractivity contribution in [2.24, 2.45) is 18.9 Å². The molecule has 0 aliphatic heterocycles. The highest BCUT2D eigenvalue weighted by molar-refractivity contribution is 5.92. The molecule has 7 nitrogen and oxygen atoms in total. The highest BCUT2D eigenvalue weighted by Gasteiger charge is 2.29. The zero-order chi connectivity index (χ0) is 17.1. The average molecular weight is 328 g/mol. The van der Waals surface area contributed by atoms with Gasteiger partial charge in [-0.1, -0.05) is 0 Å². The van der Waals surface area contributed by atoms with Crippen molar-refractivity contribution in [2.45, 2.75) is 25.7 Å². The first kappa shape index (κ1) is 16.2. The Hall–Kier alpha value is -2.70. The first-order valence-electron chi connectivity index (χ1n) is 8.02. The Balaban J connectivity index is 1.58. The lowest BCUT2D eigenvalue weighted by atomic mass is 9.81. The van der Waals surface area contributed by atoms with Crippen molar-refractivity contribution in [1.29, 1.82) is 0 Å². The molecule has 0 bridgehead atoms. The molecule has 0 atom stereocenters. The third-order valence-corrected chi connectivity index (χ3v) is 4.46.